The van der Waals surface area contributed by atoms with E-state index < -0.39 is 0 Å². The quantitative estimate of drug-likeness (QED) is 0.644. The zero-order chi connectivity index (χ0) is 21.6. The van der Waals surface area contributed by atoms with Gasteiger partial charge >= 0.3 is 0 Å². The average Bonchev–Trinajstić information content (AvgIpc) is 2.81. The van der Waals surface area contributed by atoms with E-state index in [-0.39, 0.29) is 11.9 Å². The van der Waals surface area contributed by atoms with Crippen molar-refractivity contribution < 1.29 is 9.53 Å². The van der Waals surface area contributed by atoms with Crippen molar-refractivity contribution >= 4 is 17.3 Å². The Morgan fingerprint density at radius 3 is 2.19 bits per heavy atom. The number of anilines is 2. The maximum absolute atomic E-state index is 13.5. The van der Waals surface area contributed by atoms with Gasteiger partial charge in [0.2, 0.25) is 5.91 Å². The molecule has 1 atom stereocenters. The molecule has 31 heavy (non-hydrogen) atoms. The molecule has 0 radical (unpaired) electrons. The number of carbonyl (C=O) groups is 1. The zero-order valence-electron chi connectivity index (χ0n) is 18.1. The number of hydrogen-bond acceptors (Lipinski definition) is 4. The third-order valence-corrected chi connectivity index (χ3v) is 5.78. The van der Waals surface area contributed by atoms with E-state index in [1.807, 2.05) is 61.5 Å². The summed E-state index contributed by atoms with van der Waals surface area (Å²) in [6.45, 7) is 5.40. The van der Waals surface area contributed by atoms with Crippen LogP contribution in [-0.4, -0.2) is 44.1 Å². The SMILES string of the molecule is COc1ccc(C)cc1NC(=O)[C@@H](c1ccccc1)N1CCN(c2ccccc2)CC1. The second-order valence-corrected chi connectivity index (χ2v) is 7.86. The van der Waals surface area contributed by atoms with E-state index in [0.29, 0.717) is 11.4 Å². The molecule has 0 aromatic heterocycles. The number of ether oxygens (including phenoxy) is 1. The van der Waals surface area contributed by atoms with E-state index in [0.717, 1.165) is 37.3 Å². The monoisotopic (exact) mass is 415 g/mol. The van der Waals surface area contributed by atoms with Gasteiger partial charge in [-0.05, 0) is 42.3 Å². The van der Waals surface area contributed by atoms with Crippen LogP contribution in [0.3, 0.4) is 0 Å². The molecule has 1 aliphatic rings. The molecule has 1 saturated heterocycles. The van der Waals surface area contributed by atoms with Crippen LogP contribution in [0.2, 0.25) is 0 Å². The van der Waals surface area contributed by atoms with Gasteiger partial charge < -0.3 is 15.0 Å². The van der Waals surface area contributed by atoms with Crippen molar-refractivity contribution in [3.63, 3.8) is 0 Å². The summed E-state index contributed by atoms with van der Waals surface area (Å²) in [6, 6.07) is 25.9. The van der Waals surface area contributed by atoms with Crippen molar-refractivity contribution in [2.75, 3.05) is 43.5 Å². The lowest BCUT2D eigenvalue weighted by atomic mass is 10.0. The molecule has 1 N–H and O–H groups in total. The highest BCUT2D eigenvalue weighted by Gasteiger charge is 2.31. The van der Waals surface area contributed by atoms with E-state index in [9.17, 15) is 4.79 Å². The summed E-state index contributed by atoms with van der Waals surface area (Å²) in [4.78, 5) is 18.2. The first-order valence-corrected chi connectivity index (χ1v) is 10.7. The normalized spacial score (nSPS) is 15.4. The maximum atomic E-state index is 13.5. The second-order valence-electron chi connectivity index (χ2n) is 7.86. The molecule has 0 aliphatic carbocycles. The Balaban J connectivity index is 1.55. The first-order valence-electron chi connectivity index (χ1n) is 10.7. The Hall–Kier alpha value is -3.31. The zero-order valence-corrected chi connectivity index (χ0v) is 18.1. The van der Waals surface area contributed by atoms with Crippen molar-refractivity contribution in [3.8, 4) is 5.75 Å². The fourth-order valence-corrected chi connectivity index (χ4v) is 4.16. The minimum absolute atomic E-state index is 0.0386. The number of nitrogens with zero attached hydrogens (tertiary/aromatic N) is 2. The van der Waals surface area contributed by atoms with Crippen LogP contribution >= 0.6 is 0 Å². The molecule has 5 nitrogen and oxygen atoms in total. The van der Waals surface area contributed by atoms with Gasteiger partial charge in [0.1, 0.15) is 11.8 Å². The van der Waals surface area contributed by atoms with Gasteiger partial charge in [-0.15, -0.1) is 0 Å². The smallest absolute Gasteiger partial charge is 0.246 e. The summed E-state index contributed by atoms with van der Waals surface area (Å²) in [5.74, 6) is 0.628. The van der Waals surface area contributed by atoms with Crippen LogP contribution in [0.15, 0.2) is 78.9 Å². The van der Waals surface area contributed by atoms with Gasteiger partial charge in [0.15, 0.2) is 0 Å². The van der Waals surface area contributed by atoms with E-state index >= 15 is 0 Å². The van der Waals surface area contributed by atoms with Gasteiger partial charge in [-0.25, -0.2) is 0 Å². The number of para-hydroxylation sites is 1. The van der Waals surface area contributed by atoms with Crippen molar-refractivity contribution in [1.29, 1.82) is 0 Å². The van der Waals surface area contributed by atoms with Gasteiger partial charge in [0.05, 0.1) is 12.8 Å². The number of hydrogen-bond donors (Lipinski definition) is 1. The van der Waals surface area contributed by atoms with Crippen LogP contribution in [0.5, 0.6) is 5.75 Å². The standard InChI is InChI=1S/C26H29N3O2/c1-20-13-14-24(31-2)23(19-20)27-26(30)25(21-9-5-3-6-10-21)29-17-15-28(16-18-29)22-11-7-4-8-12-22/h3-14,19,25H,15-18H2,1-2H3,(H,27,30)/t25-/m1/s1. The number of amides is 1. The molecule has 4 rings (SSSR count). The molecule has 0 bridgehead atoms. The Morgan fingerprint density at radius 1 is 0.903 bits per heavy atom. The molecule has 1 fully saturated rings. The number of aryl methyl sites for hydroxylation is 1. The molecule has 0 saturated carbocycles. The lowest BCUT2D eigenvalue weighted by Gasteiger charge is -2.39. The summed E-state index contributed by atoms with van der Waals surface area (Å²) in [5.41, 5.74) is 4.01. The maximum Gasteiger partial charge on any atom is 0.246 e. The largest absolute Gasteiger partial charge is 0.495 e. The fraction of sp³-hybridized carbons (Fsp3) is 0.269. The third-order valence-electron chi connectivity index (χ3n) is 5.78. The summed E-state index contributed by atoms with van der Waals surface area (Å²) in [7, 11) is 1.62. The minimum atomic E-state index is -0.357. The Bertz CT molecular complexity index is 1000. The number of methoxy groups -OCH3 is 1. The molecule has 160 valence electrons. The number of piperazine rings is 1. The molecule has 5 heteroatoms. The molecule has 1 amide bonds. The topological polar surface area (TPSA) is 44.8 Å². The van der Waals surface area contributed by atoms with Gasteiger partial charge in [-0.2, -0.15) is 0 Å². The van der Waals surface area contributed by atoms with Crippen LogP contribution in [0.25, 0.3) is 0 Å². The van der Waals surface area contributed by atoms with Crippen LogP contribution in [0, 0.1) is 6.92 Å². The second kappa shape index (κ2) is 9.67. The van der Waals surface area contributed by atoms with Crippen LogP contribution in [-0.2, 0) is 4.79 Å². The summed E-state index contributed by atoms with van der Waals surface area (Å²) < 4.78 is 5.46. The van der Waals surface area contributed by atoms with Crippen molar-refractivity contribution in [1.82, 2.24) is 4.90 Å². The van der Waals surface area contributed by atoms with Crippen LogP contribution in [0.1, 0.15) is 17.2 Å². The molecule has 0 unspecified atom stereocenters. The predicted octanol–water partition coefficient (Wildman–Crippen LogP) is 4.51. The molecule has 3 aromatic carbocycles. The van der Waals surface area contributed by atoms with Gasteiger partial charge in [-0.3, -0.25) is 9.69 Å². The summed E-state index contributed by atoms with van der Waals surface area (Å²) in [6.07, 6.45) is 0. The molecule has 1 aliphatic heterocycles. The van der Waals surface area contributed by atoms with E-state index in [2.05, 4.69) is 39.4 Å². The summed E-state index contributed by atoms with van der Waals surface area (Å²) in [5, 5.41) is 3.12. The van der Waals surface area contributed by atoms with Crippen molar-refractivity contribution in [2.45, 2.75) is 13.0 Å². The number of benzene rings is 3. The first-order chi connectivity index (χ1) is 15.2. The number of carbonyl (C=O) groups excluding carboxylic acids is 1. The molecule has 1 heterocycles. The van der Waals surface area contributed by atoms with Crippen molar-refractivity contribution in [3.05, 3.63) is 90.0 Å². The lowest BCUT2D eigenvalue weighted by molar-refractivity contribution is -0.121. The molecule has 3 aromatic rings. The van der Waals surface area contributed by atoms with E-state index in [4.69, 9.17) is 4.74 Å². The first kappa shape index (κ1) is 20.9. The highest BCUT2D eigenvalue weighted by molar-refractivity contribution is 5.97. The molecular formula is C26H29N3O2. The number of nitrogens with one attached hydrogen (secondary N) is 1. The lowest BCUT2D eigenvalue weighted by Crippen LogP contribution is -2.50. The molecule has 0 spiro atoms. The van der Waals surface area contributed by atoms with Gasteiger partial charge in [0, 0.05) is 31.9 Å². The van der Waals surface area contributed by atoms with E-state index in [1.165, 1.54) is 5.69 Å². The van der Waals surface area contributed by atoms with Crippen LogP contribution < -0.4 is 15.0 Å². The number of rotatable bonds is 6. The predicted molar refractivity (Wildman–Crippen MR) is 126 cm³/mol. The average molecular weight is 416 g/mol. The van der Waals surface area contributed by atoms with Crippen molar-refractivity contribution in [2.24, 2.45) is 0 Å². The van der Waals surface area contributed by atoms with Gasteiger partial charge in [-0.1, -0.05) is 54.6 Å². The van der Waals surface area contributed by atoms with Crippen LogP contribution in [0.4, 0.5) is 11.4 Å². The highest BCUT2D eigenvalue weighted by Crippen LogP contribution is 2.29. The minimum Gasteiger partial charge on any atom is -0.495 e. The van der Waals surface area contributed by atoms with Gasteiger partial charge in [0.25, 0.3) is 0 Å². The fourth-order valence-electron chi connectivity index (χ4n) is 4.16. The third kappa shape index (κ3) is 4.89. The van der Waals surface area contributed by atoms with E-state index in [1.54, 1.807) is 7.11 Å². The Labute approximate surface area is 184 Å². The highest BCUT2D eigenvalue weighted by atomic mass is 16.5. The Kier molecular flexibility index (Phi) is 6.53. The molecular weight excluding hydrogens is 386 g/mol. The summed E-state index contributed by atoms with van der Waals surface area (Å²) >= 11 is 0. The Morgan fingerprint density at radius 2 is 1.55 bits per heavy atom.